The number of nitrogens with zero attached hydrogens (tertiary/aromatic N) is 2. The van der Waals surface area contributed by atoms with E-state index in [4.69, 9.17) is 18.9 Å². The molecule has 11 rings (SSSR count). The molecule has 6 saturated heterocycles. The third-order valence-electron chi connectivity index (χ3n) is 23.4. The number of carbonyl (C=O) groups is 5. The van der Waals surface area contributed by atoms with Crippen molar-refractivity contribution in [3.8, 4) is 0 Å². The van der Waals surface area contributed by atoms with Crippen LogP contribution in [0.25, 0.3) is 0 Å². The minimum atomic E-state index is -2.05. The van der Waals surface area contributed by atoms with Crippen LogP contribution in [-0.2, 0) is 42.9 Å². The third kappa shape index (κ3) is 8.89. The van der Waals surface area contributed by atoms with E-state index in [0.717, 1.165) is 89.4 Å². The predicted molar refractivity (Wildman–Crippen MR) is 271 cm³/mol. The van der Waals surface area contributed by atoms with Gasteiger partial charge in [-0.25, -0.2) is 9.59 Å². The molecular weight excluding hydrogens is 1000 g/mol. The number of rotatable bonds is 7. The van der Waals surface area contributed by atoms with Gasteiger partial charge in [0.2, 0.25) is 5.91 Å². The van der Waals surface area contributed by atoms with E-state index in [0.29, 0.717) is 55.5 Å². The lowest BCUT2D eigenvalue weighted by atomic mass is 9.33. The molecule has 0 aromatic rings. The van der Waals surface area contributed by atoms with Gasteiger partial charge in [0.15, 0.2) is 30.6 Å². The summed E-state index contributed by atoms with van der Waals surface area (Å²) in [5.74, 6) is -3.14. The van der Waals surface area contributed by atoms with Gasteiger partial charge in [-0.2, -0.15) is 0 Å². The molecule has 0 aromatic carbocycles. The number of ether oxygens (including phenoxy) is 4. The molecule has 20 nitrogen and oxygen atoms in total. The Balaban J connectivity index is 0.000000293. The lowest BCUT2D eigenvalue weighted by molar-refractivity contribution is -0.925. The van der Waals surface area contributed by atoms with Crippen LogP contribution in [0.5, 0.6) is 0 Å². The van der Waals surface area contributed by atoms with E-state index < -0.39 is 107 Å². The van der Waals surface area contributed by atoms with Crippen LogP contribution in [0.3, 0.4) is 0 Å². The van der Waals surface area contributed by atoms with Crippen molar-refractivity contribution in [1.29, 1.82) is 0 Å². The number of hydrogen-bond donors (Lipinski definition) is 8. The number of hydroxylamine groups is 3. The van der Waals surface area contributed by atoms with Crippen LogP contribution >= 0.6 is 0 Å². The van der Waals surface area contributed by atoms with Crippen molar-refractivity contribution >= 4 is 29.6 Å². The lowest BCUT2D eigenvalue weighted by Crippen LogP contribution is -2.71. The van der Waals surface area contributed by atoms with Gasteiger partial charge in [-0.1, -0.05) is 47.1 Å². The van der Waals surface area contributed by atoms with Crippen LogP contribution in [0.1, 0.15) is 151 Å². The summed E-state index contributed by atoms with van der Waals surface area (Å²) >= 11 is 0. The average Bonchev–Trinajstić information content (AvgIpc) is 3.55. The molecule has 24 atom stereocenters. The number of carboxylic acid groups (broad SMARTS) is 3. The SMILES string of the molecule is CC1(C)[C@@H](O[C@H]2O[C@H](C(=O)O)[C@@H](O)[C@H](O)[C@H]2O[C@@H]2O[C@H](C(=O)O)[C@@H](O)[C@H](O)[C@H]2O)CC[C@]2(C)[C@H]3C(=O)C=C4[C@@H]5C[C@@](C)(C(=O)O)CC[C@]5(C)CC[C@@]4(C)[C@]3(C)CC[C@@H]12.O=C1CCC[C@@H]2[C@H]3CCC[N+]4([O-])CCC[C@@H](CN12)[C@@H]34. The zero-order valence-corrected chi connectivity index (χ0v) is 46.0. The Bertz CT molecular complexity index is 2380. The van der Waals surface area contributed by atoms with E-state index in [2.05, 4.69) is 32.6 Å². The number of carboxylic acids is 3. The zero-order valence-electron chi connectivity index (χ0n) is 46.0. The summed E-state index contributed by atoms with van der Waals surface area (Å²) in [5, 5.41) is 96.1. The van der Waals surface area contributed by atoms with Gasteiger partial charge in [-0.3, -0.25) is 14.4 Å². The van der Waals surface area contributed by atoms with Crippen molar-refractivity contribution in [1.82, 2.24) is 4.90 Å². The van der Waals surface area contributed by atoms with Crippen molar-refractivity contribution in [2.45, 2.75) is 231 Å². The molecule has 20 heteroatoms. The topological polar surface area (TPSA) is 310 Å². The lowest BCUT2D eigenvalue weighted by Gasteiger charge is -2.70. The Morgan fingerprint density at radius 2 is 1.35 bits per heavy atom. The second kappa shape index (κ2) is 19.8. The van der Waals surface area contributed by atoms with Crippen molar-refractivity contribution in [3.05, 3.63) is 16.9 Å². The molecule has 1 unspecified atom stereocenters. The number of carbonyl (C=O) groups excluding carboxylic acids is 2. The first-order chi connectivity index (χ1) is 36.0. The number of piperidine rings is 4. The Morgan fingerprint density at radius 3 is 2.01 bits per heavy atom. The van der Waals surface area contributed by atoms with Crippen LogP contribution in [0.2, 0.25) is 0 Å². The first-order valence-corrected chi connectivity index (χ1v) is 28.8. The molecule has 0 radical (unpaired) electrons. The molecule has 6 heterocycles. The van der Waals surface area contributed by atoms with Gasteiger partial charge in [0, 0.05) is 36.8 Å². The summed E-state index contributed by atoms with van der Waals surface area (Å²) in [6, 6.07) is 0.710. The van der Waals surface area contributed by atoms with Crippen LogP contribution < -0.4 is 0 Å². The van der Waals surface area contributed by atoms with Crippen LogP contribution in [0, 0.1) is 67.3 Å². The predicted octanol–water partition coefficient (Wildman–Crippen LogP) is 4.13. The molecule has 5 aliphatic carbocycles. The van der Waals surface area contributed by atoms with E-state index in [1.165, 1.54) is 12.8 Å². The quantitative estimate of drug-likeness (QED) is 0.101. The molecule has 6 aliphatic heterocycles. The number of allylic oxidation sites excluding steroid dienone is 2. The molecule has 77 heavy (non-hydrogen) atoms. The first kappa shape index (κ1) is 57.1. The minimum absolute atomic E-state index is 0.0217. The van der Waals surface area contributed by atoms with E-state index in [9.17, 15) is 70.0 Å². The summed E-state index contributed by atoms with van der Waals surface area (Å²) in [5.41, 5.74) is -1.81. The highest BCUT2D eigenvalue weighted by Gasteiger charge is 2.71. The molecule has 0 bridgehead atoms. The highest BCUT2D eigenvalue weighted by atomic mass is 16.8. The molecular formula is C57H86N2O18. The smallest absolute Gasteiger partial charge is 0.335 e. The maximum atomic E-state index is 14.8. The van der Waals surface area contributed by atoms with E-state index in [1.54, 1.807) is 0 Å². The first-order valence-electron chi connectivity index (χ1n) is 28.8. The Kier molecular flexibility index (Phi) is 14.7. The molecule has 432 valence electrons. The normalized spacial score (nSPS) is 51.8. The number of fused-ring (bicyclic) bond motifs is 9. The number of aliphatic carboxylic acids is 3. The van der Waals surface area contributed by atoms with Gasteiger partial charge in [-0.15, -0.1) is 0 Å². The van der Waals surface area contributed by atoms with Gasteiger partial charge in [-0.05, 0) is 148 Å². The average molecular weight is 1090 g/mol. The van der Waals surface area contributed by atoms with Gasteiger partial charge in [0.05, 0.1) is 30.7 Å². The standard InChI is InChI=1S/C42H62O16.C15H24N2O2/c1-37(2)21-8-11-42(7)31(20(43)16-18-19-17-39(4,36(53)54)13-12-38(19,3)14-15-41(18,42)6)40(21,5)10-9-22(37)55-35-30(26(47)25(46)29(57-35)33(51)52)58-34-27(48)23(44)24(45)28(56-34)32(49)50;18-14-7-1-6-13-12-5-3-9-17(19)8-2-4-11(15(12)17)10-16(13)14/h16,19,21-31,34-35,44-48H,8-15,17H2,1-7H3,(H,49,50)(H,51,52)(H,53,54);11-13,15H,1-10H2/t19-,21-,22-,23-,24-,25-,26-,27+,28-,29-,30+,31+,34-,35-,38+,39-,40-,41+,42+;11-,12+,13+,15-,17?/m00/s1. The molecule has 1 amide bonds. The molecule has 10 fully saturated rings. The fraction of sp³-hybridized carbons (Fsp3) is 0.877. The fourth-order valence-corrected chi connectivity index (χ4v) is 18.9. The number of hydrogen-bond acceptors (Lipinski definition) is 15. The maximum absolute atomic E-state index is 14.8. The van der Waals surface area contributed by atoms with Gasteiger partial charge in [0.1, 0.15) is 36.6 Å². The van der Waals surface area contributed by atoms with E-state index >= 15 is 0 Å². The number of amides is 1. The Morgan fingerprint density at radius 1 is 0.714 bits per heavy atom. The van der Waals surface area contributed by atoms with Crippen molar-refractivity contribution < 1.29 is 88.4 Å². The van der Waals surface area contributed by atoms with Crippen molar-refractivity contribution in [2.75, 3.05) is 19.6 Å². The summed E-state index contributed by atoms with van der Waals surface area (Å²) in [6.07, 6.45) is -4.87. The summed E-state index contributed by atoms with van der Waals surface area (Å²) < 4.78 is 23.5. The van der Waals surface area contributed by atoms with Crippen LogP contribution in [-0.4, -0.2) is 179 Å². The summed E-state index contributed by atoms with van der Waals surface area (Å²) in [6.45, 7) is 17.4. The second-order valence-electron chi connectivity index (χ2n) is 27.7. The summed E-state index contributed by atoms with van der Waals surface area (Å²) in [7, 11) is 0. The van der Waals surface area contributed by atoms with Crippen molar-refractivity contribution in [3.63, 3.8) is 0 Å². The Hall–Kier alpha value is -3.15. The van der Waals surface area contributed by atoms with Gasteiger partial charge >= 0.3 is 17.9 Å². The van der Waals surface area contributed by atoms with E-state index in [-0.39, 0.29) is 39.0 Å². The molecule has 0 aromatic heterocycles. The molecule has 4 saturated carbocycles. The maximum Gasteiger partial charge on any atom is 0.335 e. The highest BCUT2D eigenvalue weighted by molar-refractivity contribution is 5.95. The van der Waals surface area contributed by atoms with Crippen molar-refractivity contribution in [2.24, 2.45) is 62.1 Å². The number of ketones is 1. The monoisotopic (exact) mass is 1090 g/mol. The van der Waals surface area contributed by atoms with Gasteiger partial charge in [0.25, 0.3) is 0 Å². The molecule has 11 aliphatic rings. The Labute approximate surface area is 451 Å². The minimum Gasteiger partial charge on any atom is -0.633 e. The van der Waals surface area contributed by atoms with Gasteiger partial charge < -0.3 is 74.6 Å². The molecule has 0 spiro atoms. The number of quaternary nitrogens is 1. The van der Waals surface area contributed by atoms with Crippen LogP contribution in [0.4, 0.5) is 0 Å². The third-order valence-corrected chi connectivity index (χ3v) is 23.4. The molecule has 8 N–H and O–H groups in total. The summed E-state index contributed by atoms with van der Waals surface area (Å²) in [4.78, 5) is 65.7. The second-order valence-corrected chi connectivity index (χ2v) is 27.7. The van der Waals surface area contributed by atoms with Crippen LogP contribution in [0.15, 0.2) is 11.6 Å². The zero-order chi connectivity index (χ0) is 55.9. The number of aliphatic hydroxyl groups is 5. The number of aliphatic hydroxyl groups excluding tert-OH is 5. The highest BCUT2D eigenvalue weighted by Crippen LogP contribution is 2.75. The van der Waals surface area contributed by atoms with E-state index in [1.807, 2.05) is 26.8 Å². The largest absolute Gasteiger partial charge is 0.633 e. The fourth-order valence-electron chi connectivity index (χ4n) is 18.9.